The fourth-order valence-electron chi connectivity index (χ4n) is 4.18. The van der Waals surface area contributed by atoms with Crippen LogP contribution < -0.4 is 10.2 Å². The van der Waals surface area contributed by atoms with Crippen LogP contribution >= 0.6 is 0 Å². The van der Waals surface area contributed by atoms with Crippen LogP contribution in [-0.4, -0.2) is 56.6 Å². The number of aliphatic hydroxyl groups is 1. The molecule has 2 aromatic heterocycles. The molecule has 168 valence electrons. The number of piperidine rings is 1. The fourth-order valence-corrected chi connectivity index (χ4v) is 4.18. The van der Waals surface area contributed by atoms with Gasteiger partial charge < -0.3 is 19.9 Å². The Bertz CT molecular complexity index is 1120. The highest BCUT2D eigenvalue weighted by Gasteiger charge is 2.21. The molecule has 1 aliphatic heterocycles. The van der Waals surface area contributed by atoms with Gasteiger partial charge in [0.25, 0.3) is 5.69 Å². The Morgan fingerprint density at radius 1 is 1.28 bits per heavy atom. The average Bonchev–Trinajstić information content (AvgIpc) is 3.14. The third-order valence-corrected chi connectivity index (χ3v) is 6.02. The van der Waals surface area contributed by atoms with Gasteiger partial charge in [-0.2, -0.15) is 0 Å². The number of nitrogens with one attached hydrogen (secondary N) is 1. The van der Waals surface area contributed by atoms with E-state index in [2.05, 4.69) is 20.2 Å². The molecular formula is C22H26N6O4. The Hall–Kier alpha value is -3.37. The monoisotopic (exact) mass is 438 g/mol. The number of hydrogen-bond acceptors (Lipinski definition) is 8. The summed E-state index contributed by atoms with van der Waals surface area (Å²) in [5, 5.41) is 24.5. The molecule has 0 bridgehead atoms. The Kier molecular flexibility index (Phi) is 6.42. The molecule has 32 heavy (non-hydrogen) atoms. The summed E-state index contributed by atoms with van der Waals surface area (Å²) in [6.07, 6.45) is 6.93. The lowest BCUT2D eigenvalue weighted by Crippen LogP contribution is -2.38. The summed E-state index contributed by atoms with van der Waals surface area (Å²) in [6, 6.07) is 4.97. The highest BCUT2D eigenvalue weighted by Crippen LogP contribution is 2.26. The van der Waals surface area contributed by atoms with Crippen LogP contribution in [0.25, 0.3) is 10.9 Å². The Morgan fingerprint density at radius 3 is 2.66 bits per heavy atom. The molecule has 0 radical (unpaired) electrons. The lowest BCUT2D eigenvalue weighted by molar-refractivity contribution is -0.384. The van der Waals surface area contributed by atoms with Gasteiger partial charge >= 0.3 is 0 Å². The van der Waals surface area contributed by atoms with Crippen LogP contribution in [0.1, 0.15) is 28.8 Å². The molecule has 4 rings (SSSR count). The van der Waals surface area contributed by atoms with Crippen molar-refractivity contribution >= 4 is 28.3 Å². The SMILES string of the molecule is Cn1cc(CNCC2CCN(c3ncc(C(=O)CO)cn3)CC2)c2cc([N+](=O)[O-])ccc21. The number of carbonyl (C=O) groups excluding carboxylic acids is 1. The molecule has 10 nitrogen and oxygen atoms in total. The maximum Gasteiger partial charge on any atom is 0.270 e. The van der Waals surface area contributed by atoms with Gasteiger partial charge in [-0.3, -0.25) is 14.9 Å². The fraction of sp³-hybridized carbons (Fsp3) is 0.409. The van der Waals surface area contributed by atoms with Crippen LogP contribution in [0.5, 0.6) is 0 Å². The predicted molar refractivity (Wildman–Crippen MR) is 120 cm³/mol. The smallest absolute Gasteiger partial charge is 0.270 e. The maximum absolute atomic E-state index is 11.5. The lowest BCUT2D eigenvalue weighted by Gasteiger charge is -2.32. The second-order valence-corrected chi connectivity index (χ2v) is 8.14. The van der Waals surface area contributed by atoms with Crippen LogP contribution in [0, 0.1) is 16.0 Å². The molecular weight excluding hydrogens is 412 g/mol. The number of nitro benzene ring substituents is 1. The molecule has 1 aromatic carbocycles. The molecule has 0 aliphatic carbocycles. The number of non-ortho nitro benzene ring substituents is 1. The number of rotatable bonds is 8. The van der Waals surface area contributed by atoms with Crippen LogP contribution in [-0.2, 0) is 13.6 Å². The van der Waals surface area contributed by atoms with E-state index in [4.69, 9.17) is 5.11 Å². The molecule has 3 aromatic rings. The van der Waals surface area contributed by atoms with Gasteiger partial charge in [-0.1, -0.05) is 0 Å². The number of aliphatic hydroxyl groups excluding tert-OH is 1. The van der Waals surface area contributed by atoms with E-state index in [-0.39, 0.29) is 16.4 Å². The van der Waals surface area contributed by atoms with E-state index >= 15 is 0 Å². The van der Waals surface area contributed by atoms with E-state index in [0.29, 0.717) is 24.0 Å². The average molecular weight is 438 g/mol. The predicted octanol–water partition coefficient (Wildman–Crippen LogP) is 2.06. The van der Waals surface area contributed by atoms with E-state index in [1.165, 1.54) is 18.5 Å². The molecule has 3 heterocycles. The van der Waals surface area contributed by atoms with Crippen molar-refractivity contribution in [3.05, 3.63) is 58.0 Å². The van der Waals surface area contributed by atoms with Gasteiger partial charge in [0.05, 0.1) is 10.5 Å². The number of aromatic nitrogens is 3. The normalized spacial score (nSPS) is 14.8. The number of aryl methyl sites for hydroxylation is 1. The van der Waals surface area contributed by atoms with E-state index in [1.807, 2.05) is 17.8 Å². The summed E-state index contributed by atoms with van der Waals surface area (Å²) < 4.78 is 1.99. The first-order valence-electron chi connectivity index (χ1n) is 10.6. The van der Waals surface area contributed by atoms with E-state index in [1.54, 1.807) is 12.1 Å². The van der Waals surface area contributed by atoms with Gasteiger partial charge in [-0.05, 0) is 36.9 Å². The quantitative estimate of drug-likeness (QED) is 0.311. The first-order valence-corrected chi connectivity index (χ1v) is 10.6. The molecule has 0 saturated carbocycles. The van der Waals surface area contributed by atoms with Crippen molar-refractivity contribution in [1.29, 1.82) is 0 Å². The first kappa shape index (κ1) is 21.8. The molecule has 0 spiro atoms. The molecule has 0 amide bonds. The number of benzene rings is 1. The highest BCUT2D eigenvalue weighted by molar-refractivity contribution is 5.96. The van der Waals surface area contributed by atoms with Crippen LogP contribution in [0.3, 0.4) is 0 Å². The number of Topliss-reactive ketones (excluding diaryl/α,β-unsaturated/α-hetero) is 1. The van der Waals surface area contributed by atoms with Crippen LogP contribution in [0.2, 0.25) is 0 Å². The van der Waals surface area contributed by atoms with Crippen molar-refractivity contribution in [2.24, 2.45) is 13.0 Å². The number of hydrogen-bond donors (Lipinski definition) is 2. The molecule has 1 fully saturated rings. The van der Waals surface area contributed by atoms with Gasteiger partial charge in [0, 0.05) is 68.3 Å². The van der Waals surface area contributed by atoms with Gasteiger partial charge in [0.15, 0.2) is 5.78 Å². The Balaban J connectivity index is 1.30. The standard InChI is InChI=1S/C22H26N6O4/c1-26-13-17(19-8-18(28(31)32)2-3-20(19)26)10-23-9-15-4-6-27(7-5-15)22-24-11-16(12-25-22)21(30)14-29/h2-3,8,11-13,15,23,29H,4-7,9-10,14H2,1H3. The zero-order chi connectivity index (χ0) is 22.7. The Morgan fingerprint density at radius 2 is 2.00 bits per heavy atom. The first-order chi connectivity index (χ1) is 15.5. The number of anilines is 1. The van der Waals surface area contributed by atoms with Crippen LogP contribution in [0.4, 0.5) is 11.6 Å². The summed E-state index contributed by atoms with van der Waals surface area (Å²) in [6.45, 7) is 2.64. The number of nitro groups is 1. The number of fused-ring (bicyclic) bond motifs is 1. The molecule has 1 saturated heterocycles. The van der Waals surface area contributed by atoms with Crippen LogP contribution in [0.15, 0.2) is 36.8 Å². The Labute approximate surface area is 185 Å². The van der Waals surface area contributed by atoms with Crippen molar-refractivity contribution < 1.29 is 14.8 Å². The summed E-state index contributed by atoms with van der Waals surface area (Å²) in [5.41, 5.74) is 2.45. The summed E-state index contributed by atoms with van der Waals surface area (Å²) in [5.74, 6) is 0.733. The topological polar surface area (TPSA) is 126 Å². The number of nitrogens with zero attached hydrogens (tertiary/aromatic N) is 5. The summed E-state index contributed by atoms with van der Waals surface area (Å²) >= 11 is 0. The van der Waals surface area contributed by atoms with Crippen molar-refractivity contribution in [1.82, 2.24) is 19.9 Å². The molecule has 0 unspecified atom stereocenters. The van der Waals surface area contributed by atoms with Crippen molar-refractivity contribution in [2.45, 2.75) is 19.4 Å². The van der Waals surface area contributed by atoms with Gasteiger partial charge in [0.2, 0.25) is 5.95 Å². The molecule has 1 aliphatic rings. The molecule has 2 N–H and O–H groups in total. The molecule has 10 heteroatoms. The van der Waals surface area contributed by atoms with Crippen molar-refractivity contribution in [3.8, 4) is 0 Å². The zero-order valence-electron chi connectivity index (χ0n) is 17.9. The van der Waals surface area contributed by atoms with E-state index < -0.39 is 6.61 Å². The van der Waals surface area contributed by atoms with Gasteiger partial charge in [0.1, 0.15) is 6.61 Å². The largest absolute Gasteiger partial charge is 0.388 e. The number of ketones is 1. The third kappa shape index (κ3) is 4.61. The third-order valence-electron chi connectivity index (χ3n) is 6.02. The minimum Gasteiger partial charge on any atom is -0.388 e. The lowest BCUT2D eigenvalue weighted by atomic mass is 9.97. The highest BCUT2D eigenvalue weighted by atomic mass is 16.6. The number of carbonyl (C=O) groups is 1. The summed E-state index contributed by atoms with van der Waals surface area (Å²) in [7, 11) is 1.95. The minimum atomic E-state index is -0.545. The minimum absolute atomic E-state index is 0.105. The second-order valence-electron chi connectivity index (χ2n) is 8.14. The van der Waals surface area contributed by atoms with Gasteiger partial charge in [-0.25, -0.2) is 9.97 Å². The second kappa shape index (κ2) is 9.41. The summed E-state index contributed by atoms with van der Waals surface area (Å²) in [4.78, 5) is 32.9. The van der Waals surface area contributed by atoms with Crippen molar-refractivity contribution in [3.63, 3.8) is 0 Å². The maximum atomic E-state index is 11.5. The van der Waals surface area contributed by atoms with E-state index in [0.717, 1.165) is 48.9 Å². The van der Waals surface area contributed by atoms with E-state index in [9.17, 15) is 14.9 Å². The van der Waals surface area contributed by atoms with Gasteiger partial charge in [-0.15, -0.1) is 0 Å². The van der Waals surface area contributed by atoms with Crippen molar-refractivity contribution in [2.75, 3.05) is 31.1 Å². The molecule has 0 atom stereocenters. The zero-order valence-corrected chi connectivity index (χ0v) is 17.9.